The van der Waals surface area contributed by atoms with Crippen LogP contribution in [0.2, 0.25) is 0 Å². The summed E-state index contributed by atoms with van der Waals surface area (Å²) in [6.07, 6.45) is -5.80. The van der Waals surface area contributed by atoms with E-state index in [0.717, 1.165) is 25.7 Å². The number of hydrogen-bond donors (Lipinski definition) is 25. The Morgan fingerprint density at radius 3 is 1.39 bits per heavy atom. The van der Waals surface area contributed by atoms with Crippen LogP contribution in [0.5, 0.6) is 5.75 Å². The number of aromatic hydroxyl groups is 1. The first-order chi connectivity index (χ1) is 57.9. The largest absolute Gasteiger partial charge is 0.508 e. The van der Waals surface area contributed by atoms with Crippen LogP contribution in [0.1, 0.15) is 137 Å². The van der Waals surface area contributed by atoms with E-state index in [1.807, 2.05) is 0 Å². The molecule has 123 heavy (non-hydrogen) atoms. The van der Waals surface area contributed by atoms with Gasteiger partial charge in [0.1, 0.15) is 84.3 Å². The van der Waals surface area contributed by atoms with Gasteiger partial charge >= 0.3 is 5.97 Å². The number of carboxylic acid groups (broad SMARTS) is 1. The minimum Gasteiger partial charge on any atom is -0.508 e. The molecule has 0 aliphatic carbocycles. The van der Waals surface area contributed by atoms with Gasteiger partial charge in [-0.15, -0.1) is 0 Å². The van der Waals surface area contributed by atoms with Crippen molar-refractivity contribution in [2.45, 2.75) is 248 Å². The lowest BCUT2D eigenvalue weighted by Crippen LogP contribution is -2.63. The summed E-state index contributed by atoms with van der Waals surface area (Å²) in [6, 6.07) is -9.96. The van der Waals surface area contributed by atoms with Gasteiger partial charge in [0.05, 0.1) is 44.1 Å². The SMILES string of the molecule is CSCC[C@H](NC(=O)[C@H](Cc1ccccc1)NC(=O)CNC(=O)[C@@H](C)NC(=O)[C@@H](N)Cc1ccc(O)cc1)C(=O)N[C@H](C(=O)N[C@@H](CO)C(=O)N[C@@H](CCC(N)=O)C(=O)N[C@@H](CCCCN)C(=O)N[C@@H](CO)C(=O)N[C@@H](CCC(N)=O)C(=O)N[C@H](C(=O)N1CCC[C@H]1C(=O)N[C@@H](CC(C)C)C(=O)N[C@H](C(=O)N[C@H](C(=O)O)[C@@H](C)O)C(C)C)[C@@H](C)O)[C@@H](C)O. The maximum atomic E-state index is 14.4. The topological polar surface area (TPSA) is 725 Å². The molecule has 0 saturated carbocycles. The van der Waals surface area contributed by atoms with E-state index in [2.05, 4.69) is 74.4 Å². The number of phenols is 1. The molecule has 44 nitrogen and oxygen atoms in total. The molecule has 1 fully saturated rings. The number of carbonyl (C=O) groups excluding carboxylic acids is 17. The summed E-state index contributed by atoms with van der Waals surface area (Å²) < 4.78 is 0. The van der Waals surface area contributed by atoms with Crippen LogP contribution in [0.15, 0.2) is 54.6 Å². The fourth-order valence-electron chi connectivity index (χ4n) is 12.6. The van der Waals surface area contributed by atoms with Gasteiger partial charge in [-0.3, -0.25) is 81.5 Å². The molecular weight excluding hydrogens is 1640 g/mol. The van der Waals surface area contributed by atoms with Gasteiger partial charge in [0.2, 0.25) is 100 Å². The Morgan fingerprint density at radius 1 is 0.472 bits per heavy atom. The number of hydrogen-bond acceptors (Lipinski definition) is 27. The number of phenolic OH excluding ortho intramolecular Hbond substituents is 1. The lowest BCUT2D eigenvalue weighted by molar-refractivity contribution is -0.145. The van der Waals surface area contributed by atoms with Crippen molar-refractivity contribution >= 4 is 118 Å². The number of aliphatic hydroxyl groups is 5. The highest BCUT2D eigenvalue weighted by atomic mass is 32.2. The van der Waals surface area contributed by atoms with Crippen LogP contribution in [0.3, 0.4) is 0 Å². The summed E-state index contributed by atoms with van der Waals surface area (Å²) >= 11 is 1.25. The molecule has 1 aliphatic heterocycles. The van der Waals surface area contributed by atoms with Crippen molar-refractivity contribution in [3.05, 3.63) is 65.7 Å². The number of nitrogens with zero attached hydrogens (tertiary/aromatic N) is 1. The molecular formula is C78H123N19O25S. The van der Waals surface area contributed by atoms with Gasteiger partial charge in [0.25, 0.3) is 0 Å². The lowest BCUT2D eigenvalue weighted by atomic mass is 9.99. The first-order valence-electron chi connectivity index (χ1n) is 40.2. The molecule has 18 atom stereocenters. The minimum absolute atomic E-state index is 0.00533. The van der Waals surface area contributed by atoms with Crippen LogP contribution in [-0.4, -0.2) is 301 Å². The fourth-order valence-corrected chi connectivity index (χ4v) is 13.0. The number of amides is 17. The molecule has 0 unspecified atom stereocenters. The zero-order chi connectivity index (χ0) is 92.7. The molecule has 3 rings (SSSR count). The van der Waals surface area contributed by atoms with Gasteiger partial charge in [0, 0.05) is 25.8 Å². The Labute approximate surface area is 715 Å². The van der Waals surface area contributed by atoms with E-state index in [9.17, 15) is 122 Å². The van der Waals surface area contributed by atoms with E-state index >= 15 is 0 Å². The smallest absolute Gasteiger partial charge is 0.328 e. The normalized spacial score (nSPS) is 16.6. The Balaban J connectivity index is 1.82. The van der Waals surface area contributed by atoms with E-state index < -0.39 is 267 Å². The van der Waals surface area contributed by atoms with Gasteiger partial charge < -0.3 is 138 Å². The molecule has 2 aromatic rings. The molecule has 45 heteroatoms. The van der Waals surface area contributed by atoms with Crippen molar-refractivity contribution in [2.75, 3.05) is 44.9 Å². The van der Waals surface area contributed by atoms with Crippen molar-refractivity contribution in [1.82, 2.24) is 79.3 Å². The third kappa shape index (κ3) is 36.8. The second kappa shape index (κ2) is 53.6. The van der Waals surface area contributed by atoms with Crippen molar-refractivity contribution < 1.29 is 122 Å². The maximum Gasteiger partial charge on any atom is 0.328 e. The Kier molecular flexibility index (Phi) is 46.2. The monoisotopic (exact) mass is 1760 g/mol. The quantitative estimate of drug-likeness (QED) is 0.0274. The van der Waals surface area contributed by atoms with E-state index in [0.29, 0.717) is 11.1 Å². The standard InChI is InChI=1S/C78H123N19O25S/c1-38(2)32-52(71(114)93-60(39(3)4)75(118)96-63(43(8)102)78(121)122)90-74(117)56-19-15-30-97(56)77(120)62(42(7)101)95-68(111)50(25-27-58(82)105)88-72(115)54(36-98)91-66(109)48(18-13-14-29-79)86-67(110)49(24-26-57(81)104)87-73(116)55(37-99)92-76(119)61(41(6)100)94-69(112)51(28-31-123-9)89-70(113)53(34-44-16-11-10-12-17-44)85-59(106)35-83-64(107)40(5)84-65(108)47(80)33-45-20-22-46(103)23-21-45/h10-12,16-17,20-23,38-43,47-56,60-63,98-103H,13-15,18-19,24-37,79-80H2,1-9H3,(H2,81,104)(H2,82,105)(H,83,107)(H,84,108)(H,85,106)(H,86,110)(H,87,116)(H,88,115)(H,89,113)(H,90,117)(H,91,109)(H,92,119)(H,93,114)(H,94,112)(H,95,111)(H,96,118)(H,121,122)/t40-,41-,42-,43-,47+,48+,49+,50+,51+,52+,53+,54+,55+,56+,60+,61+,62+,63+/m1/s1. The summed E-state index contributed by atoms with van der Waals surface area (Å²) in [4.78, 5) is 246. The predicted octanol–water partition coefficient (Wildman–Crippen LogP) is -8.74. The summed E-state index contributed by atoms with van der Waals surface area (Å²) in [5, 5.41) is 106. The first-order valence-corrected chi connectivity index (χ1v) is 41.6. The summed E-state index contributed by atoms with van der Waals surface area (Å²) in [7, 11) is 0. The zero-order valence-corrected chi connectivity index (χ0v) is 71.1. The van der Waals surface area contributed by atoms with Crippen LogP contribution in [0.25, 0.3) is 0 Å². The molecule has 0 spiro atoms. The molecule has 2 aromatic carbocycles. The van der Waals surface area contributed by atoms with Crippen molar-refractivity contribution in [3.63, 3.8) is 0 Å². The second-order valence-electron chi connectivity index (χ2n) is 30.7. The number of rotatable bonds is 55. The van der Waals surface area contributed by atoms with Gasteiger partial charge in [-0.2, -0.15) is 11.8 Å². The van der Waals surface area contributed by atoms with Crippen molar-refractivity contribution in [1.29, 1.82) is 0 Å². The van der Waals surface area contributed by atoms with E-state index in [-0.39, 0.29) is 88.3 Å². The lowest BCUT2D eigenvalue weighted by Gasteiger charge is -2.32. The van der Waals surface area contributed by atoms with Crippen LogP contribution in [-0.2, 0) is 99.1 Å². The molecule has 1 aliphatic rings. The summed E-state index contributed by atoms with van der Waals surface area (Å²) in [6.45, 7) is 8.01. The molecule has 1 heterocycles. The number of carboxylic acids is 1. The summed E-state index contributed by atoms with van der Waals surface area (Å²) in [5.41, 5.74) is 23.8. The molecule has 0 aromatic heterocycles. The molecule has 686 valence electrons. The third-order valence-corrected chi connectivity index (χ3v) is 20.1. The van der Waals surface area contributed by atoms with Gasteiger partial charge in [-0.05, 0) is 146 Å². The van der Waals surface area contributed by atoms with Crippen LogP contribution < -0.4 is 97.4 Å². The molecule has 0 bridgehead atoms. The summed E-state index contributed by atoms with van der Waals surface area (Å²) in [5.74, 6) is -19.9. The number of thioether (sulfide) groups is 1. The average molecular weight is 1760 g/mol. The highest BCUT2D eigenvalue weighted by Gasteiger charge is 2.44. The average Bonchev–Trinajstić information content (AvgIpc) is 1.71. The number of unbranched alkanes of at least 4 members (excludes halogenated alkanes) is 1. The number of nitrogens with one attached hydrogen (secondary N) is 14. The third-order valence-electron chi connectivity index (χ3n) is 19.5. The van der Waals surface area contributed by atoms with E-state index in [4.69, 9.17) is 22.9 Å². The number of primary amides is 2. The fraction of sp³-hybridized carbons (Fsp3) is 0.615. The maximum absolute atomic E-state index is 14.4. The zero-order valence-electron chi connectivity index (χ0n) is 70.3. The predicted molar refractivity (Wildman–Crippen MR) is 442 cm³/mol. The van der Waals surface area contributed by atoms with Crippen molar-refractivity contribution in [2.24, 2.45) is 34.8 Å². The van der Waals surface area contributed by atoms with Gasteiger partial charge in [-0.25, -0.2) is 4.79 Å². The number of aliphatic hydroxyl groups excluding tert-OH is 5. The van der Waals surface area contributed by atoms with Crippen LogP contribution >= 0.6 is 11.8 Å². The Hall–Kier alpha value is -11.2. The molecule has 29 N–H and O–H groups in total. The molecule has 17 amide bonds. The number of likely N-dealkylation sites (tertiary alicyclic amines) is 1. The second-order valence-corrected chi connectivity index (χ2v) is 31.7. The number of aliphatic carboxylic acids is 1. The Morgan fingerprint density at radius 2 is 0.911 bits per heavy atom. The minimum atomic E-state index is -2.02. The van der Waals surface area contributed by atoms with Gasteiger partial charge in [-0.1, -0.05) is 70.2 Å². The van der Waals surface area contributed by atoms with Gasteiger partial charge in [0.15, 0.2) is 6.04 Å². The molecule has 0 radical (unpaired) electrons. The number of carbonyl (C=O) groups is 18. The van der Waals surface area contributed by atoms with Crippen molar-refractivity contribution in [3.8, 4) is 5.75 Å². The highest BCUT2D eigenvalue weighted by molar-refractivity contribution is 7.98. The Bertz CT molecular complexity index is 3920. The van der Waals surface area contributed by atoms with E-state index in [1.165, 1.54) is 30.8 Å². The van der Waals surface area contributed by atoms with E-state index in [1.54, 1.807) is 76.4 Å². The van der Waals surface area contributed by atoms with Crippen LogP contribution in [0, 0.1) is 11.8 Å². The number of nitrogens with two attached hydrogens (primary N) is 4. The van der Waals surface area contributed by atoms with Crippen LogP contribution in [0.4, 0.5) is 0 Å². The highest BCUT2D eigenvalue weighted by Crippen LogP contribution is 2.22. The molecule has 1 saturated heterocycles. The first kappa shape index (κ1) is 106. The number of benzene rings is 2.